The van der Waals surface area contributed by atoms with Crippen LogP contribution in [0.5, 0.6) is 0 Å². The van der Waals surface area contributed by atoms with Gasteiger partial charge < -0.3 is 60.4 Å². The number of carboxylic acid groups (broad SMARTS) is 1. The summed E-state index contributed by atoms with van der Waals surface area (Å²) in [6, 6.07) is 38.9. The molecule has 2 amide bonds. The Morgan fingerprint density at radius 3 is 1.36 bits per heavy atom. The van der Waals surface area contributed by atoms with Gasteiger partial charge in [-0.2, -0.15) is 0 Å². The van der Waals surface area contributed by atoms with E-state index < -0.39 is 37.1 Å². The van der Waals surface area contributed by atoms with E-state index >= 15 is 0 Å². The summed E-state index contributed by atoms with van der Waals surface area (Å²) in [5.41, 5.74) is 9.52. The smallest absolute Gasteiger partial charge is 1.00 e. The number of alkyl halides is 1. The number of aromatic amines is 1. The van der Waals surface area contributed by atoms with Crippen molar-refractivity contribution in [2.45, 2.75) is 171 Å². The number of nitrogens with one attached hydrogen (secondary N) is 3. The average molecular weight is 2540 g/mol. The number of esters is 2. The van der Waals surface area contributed by atoms with Gasteiger partial charge in [-0.05, 0) is 196 Å². The fourth-order valence-corrected chi connectivity index (χ4v) is 15.0. The van der Waals surface area contributed by atoms with Crippen LogP contribution in [0.3, 0.4) is 0 Å². The van der Waals surface area contributed by atoms with Crippen molar-refractivity contribution in [3.05, 3.63) is 259 Å². The van der Waals surface area contributed by atoms with Gasteiger partial charge in [-0.15, -0.1) is 0 Å². The van der Waals surface area contributed by atoms with Gasteiger partial charge in [-0.1, -0.05) is 205 Å². The van der Waals surface area contributed by atoms with E-state index in [1.807, 2.05) is 130 Å². The molecule has 716 valence electrons. The molecule has 14 rings (SSSR count). The number of ether oxygens (including phenoxy) is 2. The predicted octanol–water partition coefficient (Wildman–Crippen LogP) is 19.2. The predicted molar refractivity (Wildman–Crippen MR) is 546 cm³/mol. The number of aromatic nitrogens is 4. The summed E-state index contributed by atoms with van der Waals surface area (Å²) in [7, 11) is 20.1. The number of ketones is 4. The van der Waals surface area contributed by atoms with Crippen LogP contribution in [-0.2, 0) is 87.1 Å². The Balaban J connectivity index is 0.000000540. The number of carbonyl (C=O) groups is 11. The molecule has 2 saturated carbocycles. The molecule has 3 aliphatic rings. The van der Waals surface area contributed by atoms with Crippen molar-refractivity contribution in [2.24, 2.45) is 5.92 Å². The van der Waals surface area contributed by atoms with Gasteiger partial charge in [0.05, 0.1) is 39.7 Å². The Morgan fingerprint density at radius 1 is 0.585 bits per heavy atom. The third-order valence-electron chi connectivity index (χ3n) is 18.6. The Labute approximate surface area is 953 Å². The normalized spacial score (nSPS) is 11.8. The molecule has 23 nitrogen and oxygen atoms in total. The molecule has 0 atom stereocenters. The zero-order valence-corrected chi connectivity index (χ0v) is 99.9. The van der Waals surface area contributed by atoms with E-state index in [2.05, 4.69) is 165 Å². The fourth-order valence-electron chi connectivity index (χ4n) is 12.6. The van der Waals surface area contributed by atoms with Gasteiger partial charge in [-0.3, -0.25) is 52.7 Å². The van der Waals surface area contributed by atoms with Crippen LogP contribution in [0, 0.1) is 17.6 Å². The summed E-state index contributed by atoms with van der Waals surface area (Å²) in [6.45, 7) is 23.3. The molecule has 11 aromatic rings. The number of carboxylic acids is 1. The SMILES string of the molecule is Brc1ccc2c(c1)CC=C2.C=C(Cn1cc(C(C)=O)c2ccc(Br)cc21)N(CC(=O)NCc1cccc(Cl)c1F)C1CC1.CC(=O)Cl.CC(=O)c1c[nH]c2cc(Br)ccc12.CC(=O)c1cn(CC(=O)O)c2cc(Br)ccc12.CC(=O)c1cn(CC(=O)OC(C)(C)C)c2cc(Br)ccc12.CC(C)(C)OC(=O)CBr.O=C(CCC1CC1)NCc1cccc(Cl)c1F.O=CO[O-].[Cl][Sn]([Cl])([Cl])[Cl].[H-].[K+].[K+]. The summed E-state index contributed by atoms with van der Waals surface area (Å²) >= 11 is 32.9. The maximum absolute atomic E-state index is 14.1. The van der Waals surface area contributed by atoms with Crippen molar-refractivity contribution < 1.29 is 190 Å². The van der Waals surface area contributed by atoms with E-state index in [9.17, 15) is 56.7 Å². The second-order valence-corrected chi connectivity index (χ2v) is 63.7. The third kappa shape index (κ3) is 46.5. The molecule has 135 heavy (non-hydrogen) atoms. The quantitative estimate of drug-likeness (QED) is 0.00676. The van der Waals surface area contributed by atoms with Crippen molar-refractivity contribution >= 4 is 294 Å². The van der Waals surface area contributed by atoms with Crippen LogP contribution in [-0.4, -0.2) is 136 Å². The first-order valence-corrected chi connectivity index (χ1v) is 61.2. The number of rotatable bonds is 23. The summed E-state index contributed by atoms with van der Waals surface area (Å²) in [5, 5.41) is 26.3. The van der Waals surface area contributed by atoms with Gasteiger partial charge in [0.1, 0.15) is 41.3 Å². The van der Waals surface area contributed by atoms with Gasteiger partial charge in [0.2, 0.25) is 17.1 Å². The second-order valence-electron chi connectivity index (χ2n) is 31.7. The Kier molecular flexibility index (Phi) is 56.7. The van der Waals surface area contributed by atoms with Crippen molar-refractivity contribution in [1.29, 1.82) is 0 Å². The number of H-pyrrole nitrogens is 1. The number of allylic oxidation sites excluding steroid dienone is 2. The van der Waals surface area contributed by atoms with Crippen molar-refractivity contribution in [3.63, 3.8) is 0 Å². The minimum Gasteiger partial charge on any atom is -1.00 e. The Morgan fingerprint density at radius 2 is 0.970 bits per heavy atom. The van der Waals surface area contributed by atoms with Crippen LogP contribution in [0.2, 0.25) is 10.0 Å². The van der Waals surface area contributed by atoms with Crippen molar-refractivity contribution in [2.75, 3.05) is 11.9 Å². The number of hydrogen-bond donors (Lipinski definition) is 4. The molecule has 0 unspecified atom stereocenters. The molecule has 0 bridgehead atoms. The third-order valence-corrected chi connectivity index (χ3v) is 22.1. The Bertz CT molecular complexity index is 6040. The zero-order valence-electron chi connectivity index (χ0n) is 77.0. The number of amides is 2. The second kappa shape index (κ2) is 61.2. The summed E-state index contributed by atoms with van der Waals surface area (Å²) in [6.07, 6.45) is 18.3. The van der Waals surface area contributed by atoms with E-state index in [1.165, 1.54) is 61.3 Å². The number of nitrogens with zero attached hydrogens (tertiary/aromatic N) is 4. The molecule has 0 spiro atoms. The van der Waals surface area contributed by atoms with Gasteiger partial charge in [0.25, 0.3) is 6.47 Å². The van der Waals surface area contributed by atoms with Crippen LogP contribution in [0.4, 0.5) is 8.78 Å². The molecule has 0 aliphatic heterocycles. The van der Waals surface area contributed by atoms with Crippen LogP contribution in [0.25, 0.3) is 49.7 Å². The number of carbonyl (C=O) groups excluding carboxylic acids is 10. The van der Waals surface area contributed by atoms with Gasteiger partial charge in [0.15, 0.2) is 23.1 Å². The standard InChI is InChI=1S/C25H24BrClFN3O2.C16H18BrNO3.C13H15ClFNO.C12H10BrNO3.C10H8BrNO.C9H7Br.C6H11BrO2.C2H3ClO.CH2O3.4ClH.2K.Sn.H/c1-15(12-30-13-21(16(2)32)20-9-6-18(26)10-23(20)30)31(19-7-8-19)14-24(33)29-11-17-4-3-5-22(27)25(17)28;1-10(19)13-8-18(9-15(20)21-16(2,3)4)14-7-11(17)5-6-12(13)14;14-11-3-1-2-10(13(11)15)8-16-12(17)7-6-9-4-5-9;1-7(15)10-5-14(6-12(16)17)11-4-8(13)2-3-9(10)11;1-6(13)9-5-12-10-4-7(11)2-3-8(9)10;10-9-5-4-7-2-1-3-8(7)6-9;1-6(2,3)9-5(8)4-7;1-2(3)4;2-1-4-3;;;;;;;;/h3-6,9-10,13,19H,1,7-8,11-12,14H2,2H3,(H,29,33);5-8H,9H2,1-4H3;1-3,9H,4-8H2,(H,16,17);2-5H,6H2,1H3,(H,16,17);2-5,12H,1H3;1-2,4-6H,3H2;4H2,1-3H3;1H3;1,3H;4*1H;;;;/q;;;;;;;;;;;;;2*+1;+4;-1/p-5. The topological polar surface area (TPSA) is 317 Å². The molecule has 0 saturated heterocycles. The van der Waals surface area contributed by atoms with E-state index in [0.29, 0.717) is 40.8 Å². The first-order chi connectivity index (χ1) is 62.2. The molecule has 7 aromatic carbocycles. The molecule has 4 N–H and O–H groups in total. The van der Waals surface area contributed by atoms with Crippen LogP contribution < -0.4 is 119 Å². The number of halogens is 15. The minimum absolute atomic E-state index is 0. The van der Waals surface area contributed by atoms with Crippen LogP contribution in [0.15, 0.2) is 193 Å². The van der Waals surface area contributed by atoms with Crippen molar-refractivity contribution in [1.82, 2.24) is 34.2 Å². The maximum atomic E-state index is 14.1. The van der Waals surface area contributed by atoms with Gasteiger partial charge in [-0.25, -0.2) is 8.78 Å². The number of hydrogen-bond acceptors (Lipinski definition) is 16. The van der Waals surface area contributed by atoms with E-state index in [4.69, 9.17) is 83.5 Å². The van der Waals surface area contributed by atoms with E-state index in [0.717, 1.165) is 104 Å². The average Bonchev–Trinajstić information content (AvgIpc) is 1.64. The monoisotopic (exact) mass is 2530 g/mol. The fraction of sp³-hybridized carbons (Fsp3) is 0.309. The number of benzene rings is 7. The van der Waals surface area contributed by atoms with E-state index in [1.54, 1.807) is 65.8 Å². The summed E-state index contributed by atoms with van der Waals surface area (Å²) in [4.78, 5) is 129. The Hall–Kier alpha value is -4.05. The molecule has 3 aliphatic carbocycles. The maximum Gasteiger partial charge on any atom is 1.00 e. The van der Waals surface area contributed by atoms with Crippen LogP contribution >= 0.6 is 166 Å². The summed E-state index contributed by atoms with van der Waals surface area (Å²) in [5.74, 6) is -1.94. The van der Waals surface area contributed by atoms with Crippen molar-refractivity contribution in [3.8, 4) is 0 Å². The largest absolute Gasteiger partial charge is 1.00 e. The number of fused-ring (bicyclic) bond motifs is 5. The molecular formula is C94H98Br6Cl7F2K2N7O16Sn. The number of aliphatic carboxylic acids is 1. The molecule has 0 radical (unpaired) electrons. The number of Topliss-reactive ketones (excluding diaryl/α,β-unsaturated/α-hetero) is 4. The first-order valence-electron chi connectivity index (χ1n) is 40.5. The minimum atomic E-state index is -3.29. The zero-order chi connectivity index (χ0) is 99.7. The molecule has 2 fully saturated rings. The van der Waals surface area contributed by atoms with Gasteiger partial charge in [0, 0.05) is 146 Å². The van der Waals surface area contributed by atoms with E-state index in [-0.39, 0.29) is 223 Å². The molecular weight excluding hydrogens is 2450 g/mol. The molecule has 4 heterocycles. The van der Waals surface area contributed by atoms with Crippen LogP contribution in [0.1, 0.15) is 180 Å². The first kappa shape index (κ1) is 125. The molecule has 4 aromatic heterocycles. The molecule has 41 heteroatoms. The summed E-state index contributed by atoms with van der Waals surface area (Å²) < 4.78 is 48.0. The van der Waals surface area contributed by atoms with Gasteiger partial charge >= 0.3 is 170 Å².